The summed E-state index contributed by atoms with van der Waals surface area (Å²) in [5.74, 6) is -0.903. The summed E-state index contributed by atoms with van der Waals surface area (Å²) >= 11 is 0. The quantitative estimate of drug-likeness (QED) is 0.358. The number of esters is 1. The molecule has 0 aliphatic rings. The normalized spacial score (nSPS) is 12.1. The lowest BCUT2D eigenvalue weighted by Gasteiger charge is -2.17. The molecule has 1 unspecified atom stereocenters. The molecule has 0 saturated heterocycles. The molecular formula is C25H24N2O5. The second-order valence-electron chi connectivity index (χ2n) is 7.90. The van der Waals surface area contributed by atoms with E-state index in [4.69, 9.17) is 9.15 Å². The molecule has 0 aliphatic carbocycles. The van der Waals surface area contributed by atoms with Crippen LogP contribution in [0.15, 0.2) is 57.9 Å². The van der Waals surface area contributed by atoms with Gasteiger partial charge in [-0.15, -0.1) is 0 Å². The highest BCUT2D eigenvalue weighted by atomic mass is 16.5. The smallest absolute Gasteiger partial charge is 0.336 e. The fourth-order valence-corrected chi connectivity index (χ4v) is 3.85. The van der Waals surface area contributed by atoms with Gasteiger partial charge in [-0.2, -0.15) is 0 Å². The molecule has 0 aliphatic heterocycles. The van der Waals surface area contributed by atoms with Gasteiger partial charge in [0.05, 0.1) is 0 Å². The van der Waals surface area contributed by atoms with Gasteiger partial charge in [-0.25, -0.2) is 9.59 Å². The van der Waals surface area contributed by atoms with Crippen molar-refractivity contribution in [2.24, 2.45) is 0 Å². The van der Waals surface area contributed by atoms with Gasteiger partial charge in [0.25, 0.3) is 0 Å². The minimum Gasteiger partial charge on any atom is -0.459 e. The van der Waals surface area contributed by atoms with Crippen LogP contribution in [0.3, 0.4) is 0 Å². The Morgan fingerprint density at radius 1 is 1.09 bits per heavy atom. The number of carbonyl (C=O) groups excluding carboxylic acids is 2. The van der Waals surface area contributed by atoms with Gasteiger partial charge in [0.2, 0.25) is 5.91 Å². The Bertz CT molecular complexity index is 1380. The molecule has 7 nitrogen and oxygen atoms in total. The molecule has 4 aromatic rings. The zero-order valence-corrected chi connectivity index (χ0v) is 18.2. The molecule has 0 spiro atoms. The summed E-state index contributed by atoms with van der Waals surface area (Å²) in [4.78, 5) is 39.9. The van der Waals surface area contributed by atoms with Crippen LogP contribution in [0.25, 0.3) is 21.9 Å². The Hall–Kier alpha value is -3.87. The summed E-state index contributed by atoms with van der Waals surface area (Å²) in [5.41, 5.74) is 4.25. The molecule has 0 bridgehead atoms. The fraction of sp³-hybridized carbons (Fsp3) is 0.240. The minimum atomic E-state index is -0.859. The van der Waals surface area contributed by atoms with Gasteiger partial charge in [0, 0.05) is 47.5 Å². The van der Waals surface area contributed by atoms with E-state index in [0.717, 1.165) is 27.6 Å². The molecule has 4 rings (SSSR count). The van der Waals surface area contributed by atoms with Crippen molar-refractivity contribution in [2.75, 3.05) is 0 Å². The first-order chi connectivity index (χ1) is 15.3. The van der Waals surface area contributed by atoms with Crippen LogP contribution in [0.1, 0.15) is 29.2 Å². The van der Waals surface area contributed by atoms with E-state index in [1.807, 2.05) is 56.4 Å². The number of fused-ring (bicyclic) bond motifs is 2. The number of amides is 1. The summed E-state index contributed by atoms with van der Waals surface area (Å²) < 4.78 is 10.9. The Morgan fingerprint density at radius 2 is 1.88 bits per heavy atom. The summed E-state index contributed by atoms with van der Waals surface area (Å²) in [7, 11) is 0. The van der Waals surface area contributed by atoms with Crippen molar-refractivity contribution in [3.63, 3.8) is 0 Å². The number of rotatable bonds is 6. The van der Waals surface area contributed by atoms with Crippen molar-refractivity contribution in [3.8, 4) is 0 Å². The van der Waals surface area contributed by atoms with Crippen LogP contribution >= 0.6 is 0 Å². The van der Waals surface area contributed by atoms with Crippen molar-refractivity contribution in [1.82, 2.24) is 10.3 Å². The molecule has 2 aromatic heterocycles. The van der Waals surface area contributed by atoms with E-state index in [1.54, 1.807) is 0 Å². The lowest BCUT2D eigenvalue weighted by atomic mass is 10.0. The summed E-state index contributed by atoms with van der Waals surface area (Å²) in [6, 6.07) is 12.0. The third kappa shape index (κ3) is 4.27. The van der Waals surface area contributed by atoms with Gasteiger partial charge < -0.3 is 19.5 Å². The highest BCUT2D eigenvalue weighted by Gasteiger charge is 2.23. The minimum absolute atomic E-state index is 0.104. The topological polar surface area (TPSA) is 101 Å². The second-order valence-corrected chi connectivity index (χ2v) is 7.90. The van der Waals surface area contributed by atoms with Crippen LogP contribution in [0.2, 0.25) is 0 Å². The predicted octanol–water partition coefficient (Wildman–Crippen LogP) is 3.68. The molecule has 1 atom stereocenters. The third-order valence-corrected chi connectivity index (χ3v) is 5.65. The molecule has 0 radical (unpaired) electrons. The lowest BCUT2D eigenvalue weighted by molar-refractivity contribution is -0.148. The summed E-state index contributed by atoms with van der Waals surface area (Å²) in [5, 5.41) is 4.37. The Balaban J connectivity index is 1.57. The number of benzene rings is 2. The van der Waals surface area contributed by atoms with Gasteiger partial charge in [-0.05, 0) is 36.6 Å². The number of hydrogen-bond donors (Lipinski definition) is 2. The number of aryl methyl sites for hydroxylation is 2. The van der Waals surface area contributed by atoms with Gasteiger partial charge in [0.15, 0.2) is 0 Å². The van der Waals surface area contributed by atoms with Gasteiger partial charge >= 0.3 is 11.6 Å². The molecule has 0 saturated carbocycles. The molecule has 0 fully saturated rings. The van der Waals surface area contributed by atoms with E-state index in [1.165, 1.54) is 13.0 Å². The molecule has 32 heavy (non-hydrogen) atoms. The van der Waals surface area contributed by atoms with Crippen LogP contribution in [0.5, 0.6) is 0 Å². The van der Waals surface area contributed by atoms with Crippen LogP contribution < -0.4 is 10.9 Å². The zero-order chi connectivity index (χ0) is 22.8. The number of hydrogen-bond acceptors (Lipinski definition) is 5. The highest BCUT2D eigenvalue weighted by molar-refractivity contribution is 5.87. The van der Waals surface area contributed by atoms with Gasteiger partial charge in [-0.3, -0.25) is 4.79 Å². The average molecular weight is 432 g/mol. The first-order valence-corrected chi connectivity index (χ1v) is 10.3. The monoisotopic (exact) mass is 432 g/mol. The molecule has 7 heteroatoms. The molecule has 1 amide bonds. The number of carbonyl (C=O) groups is 2. The largest absolute Gasteiger partial charge is 0.459 e. The lowest BCUT2D eigenvalue weighted by Crippen LogP contribution is -2.42. The summed E-state index contributed by atoms with van der Waals surface area (Å²) in [6.45, 7) is 5.07. The maximum Gasteiger partial charge on any atom is 0.336 e. The van der Waals surface area contributed by atoms with Crippen molar-refractivity contribution >= 4 is 33.7 Å². The Kier molecular flexibility index (Phi) is 5.81. The first-order valence-electron chi connectivity index (χ1n) is 10.3. The van der Waals surface area contributed by atoms with E-state index in [2.05, 4.69) is 10.3 Å². The SMILES string of the molecule is CC(=O)NC(Cc1c[nH]c2ccccc12)C(=O)OCc1cc(=O)oc2c(C)c(C)ccc12. The molecule has 2 heterocycles. The number of para-hydroxylation sites is 1. The van der Waals surface area contributed by atoms with Crippen LogP contribution in [0, 0.1) is 13.8 Å². The first kappa shape index (κ1) is 21.4. The predicted molar refractivity (Wildman–Crippen MR) is 121 cm³/mol. The van der Waals surface area contributed by atoms with E-state index in [0.29, 0.717) is 16.5 Å². The molecular weight excluding hydrogens is 408 g/mol. The second kappa shape index (κ2) is 8.70. The zero-order valence-electron chi connectivity index (χ0n) is 18.2. The number of aromatic amines is 1. The molecule has 2 N–H and O–H groups in total. The maximum absolute atomic E-state index is 12.9. The van der Waals surface area contributed by atoms with Crippen molar-refractivity contribution < 1.29 is 18.7 Å². The number of H-pyrrole nitrogens is 1. The highest BCUT2D eigenvalue weighted by Crippen LogP contribution is 2.24. The standard InChI is InChI=1S/C25H24N2O5/c1-14-8-9-20-18(11-23(29)32-24(20)15(14)2)13-31-25(30)22(27-16(3)28)10-17-12-26-21-7-5-4-6-19(17)21/h4-9,11-12,22,26H,10,13H2,1-3H3,(H,27,28). The van der Waals surface area contributed by atoms with E-state index in [-0.39, 0.29) is 18.9 Å². The Labute approximate surface area is 184 Å². The molecule has 2 aromatic carbocycles. The van der Waals surface area contributed by atoms with Crippen molar-refractivity contribution in [2.45, 2.75) is 39.8 Å². The van der Waals surface area contributed by atoms with Gasteiger partial charge in [0.1, 0.15) is 18.2 Å². The Morgan fingerprint density at radius 3 is 2.66 bits per heavy atom. The number of aromatic nitrogens is 1. The fourth-order valence-electron chi connectivity index (χ4n) is 3.85. The molecule has 164 valence electrons. The van der Waals surface area contributed by atoms with E-state index < -0.39 is 17.6 Å². The summed E-state index contributed by atoms with van der Waals surface area (Å²) in [6.07, 6.45) is 2.10. The van der Waals surface area contributed by atoms with Crippen LogP contribution in [-0.2, 0) is 27.4 Å². The van der Waals surface area contributed by atoms with Crippen LogP contribution in [0.4, 0.5) is 0 Å². The van der Waals surface area contributed by atoms with E-state index in [9.17, 15) is 14.4 Å². The average Bonchev–Trinajstić information content (AvgIpc) is 3.17. The number of ether oxygens (including phenoxy) is 1. The van der Waals surface area contributed by atoms with Crippen molar-refractivity contribution in [1.29, 1.82) is 0 Å². The van der Waals surface area contributed by atoms with E-state index >= 15 is 0 Å². The number of nitrogens with one attached hydrogen (secondary N) is 2. The maximum atomic E-state index is 12.9. The van der Waals surface area contributed by atoms with Crippen LogP contribution in [-0.4, -0.2) is 22.9 Å². The van der Waals surface area contributed by atoms with Gasteiger partial charge in [-0.1, -0.05) is 30.3 Å². The third-order valence-electron chi connectivity index (χ3n) is 5.65. The van der Waals surface area contributed by atoms with Crippen molar-refractivity contribution in [3.05, 3.63) is 81.3 Å².